The molecule has 0 aliphatic carbocycles. The molecule has 0 saturated carbocycles. The van der Waals surface area contributed by atoms with E-state index in [9.17, 15) is 4.79 Å². The van der Waals surface area contributed by atoms with Gasteiger partial charge in [-0.1, -0.05) is 67.2 Å². The van der Waals surface area contributed by atoms with Crippen molar-refractivity contribution in [3.63, 3.8) is 0 Å². The fourth-order valence-corrected chi connectivity index (χ4v) is 2.83. The van der Waals surface area contributed by atoms with Gasteiger partial charge in [-0.15, -0.1) is 0 Å². The molecule has 0 spiro atoms. The first kappa shape index (κ1) is 20.9. The number of rotatable bonds is 8. The molecule has 3 aromatic rings. The molecule has 0 aromatic heterocycles. The highest BCUT2D eigenvalue weighted by Crippen LogP contribution is 2.27. The highest BCUT2D eigenvalue weighted by Gasteiger charge is 2.12. The normalized spacial score (nSPS) is 11.1. The van der Waals surface area contributed by atoms with Crippen molar-refractivity contribution in [1.82, 2.24) is 0 Å². The fourth-order valence-electron chi connectivity index (χ4n) is 2.83. The van der Waals surface area contributed by atoms with Crippen LogP contribution in [0.1, 0.15) is 23.6 Å². The van der Waals surface area contributed by atoms with Crippen LogP contribution < -0.4 is 0 Å². The Balaban J connectivity index is 1.88. The van der Waals surface area contributed by atoms with Crippen LogP contribution in [-0.2, 0) is 16.0 Å². The van der Waals surface area contributed by atoms with E-state index in [-0.39, 0.29) is 0 Å². The van der Waals surface area contributed by atoms with Crippen LogP contribution in [0.15, 0.2) is 101 Å². The average Bonchev–Trinajstić information content (AvgIpc) is 2.78. The van der Waals surface area contributed by atoms with Crippen molar-refractivity contribution in [2.75, 3.05) is 6.61 Å². The first-order chi connectivity index (χ1) is 14.7. The number of carbonyl (C=O) groups is 1. The van der Waals surface area contributed by atoms with Crippen molar-refractivity contribution in [3.8, 4) is 0 Å². The minimum Gasteiger partial charge on any atom is -0.463 e. The monoisotopic (exact) mass is 396 g/mol. The van der Waals surface area contributed by atoms with Gasteiger partial charge in [-0.05, 0) is 41.8 Å². The maximum atomic E-state index is 12.0. The van der Waals surface area contributed by atoms with Gasteiger partial charge in [0.15, 0.2) is 0 Å². The van der Waals surface area contributed by atoms with E-state index in [2.05, 4.69) is 16.6 Å². The molecular formula is C26H24N2O2. The molecule has 4 heteroatoms. The lowest BCUT2D eigenvalue weighted by Crippen LogP contribution is -2.08. The van der Waals surface area contributed by atoms with Gasteiger partial charge in [-0.3, -0.25) is 9.98 Å². The highest BCUT2D eigenvalue weighted by molar-refractivity contribution is 5.89. The maximum absolute atomic E-state index is 12.0. The van der Waals surface area contributed by atoms with Gasteiger partial charge in [0, 0.05) is 24.4 Å². The predicted molar refractivity (Wildman–Crippen MR) is 123 cm³/mol. The van der Waals surface area contributed by atoms with Crippen LogP contribution in [0.4, 0.5) is 11.4 Å². The predicted octanol–water partition coefficient (Wildman–Crippen LogP) is 5.85. The zero-order chi connectivity index (χ0) is 21.2. The molecule has 0 aliphatic heterocycles. The Hall–Kier alpha value is -3.79. The molecule has 0 heterocycles. The van der Waals surface area contributed by atoms with E-state index in [0.717, 1.165) is 28.1 Å². The number of ether oxygens (including phenoxy) is 1. The Morgan fingerprint density at radius 1 is 0.900 bits per heavy atom. The number of esters is 1. The van der Waals surface area contributed by atoms with Crippen molar-refractivity contribution < 1.29 is 9.53 Å². The first-order valence-corrected chi connectivity index (χ1v) is 9.82. The highest BCUT2D eigenvalue weighted by atomic mass is 16.5. The number of benzene rings is 3. The molecule has 0 atom stereocenters. The zero-order valence-corrected chi connectivity index (χ0v) is 17.0. The minimum absolute atomic E-state index is 0.318. The average molecular weight is 396 g/mol. The van der Waals surface area contributed by atoms with Crippen LogP contribution >= 0.6 is 0 Å². The quantitative estimate of drug-likeness (QED) is 0.272. The molecule has 0 radical (unpaired) electrons. The van der Waals surface area contributed by atoms with Gasteiger partial charge < -0.3 is 4.74 Å². The first-order valence-electron chi connectivity index (χ1n) is 9.82. The summed E-state index contributed by atoms with van der Waals surface area (Å²) < 4.78 is 5.07. The standard InChI is InChI=1S/C26H24N2O2/c1-3-30-26(29)20(2)16-23-17-24(27-18-21-10-6-4-7-11-21)14-15-25(23)28-19-22-12-8-5-9-13-22/h4-15,17-19H,2-3,16H2,1H3. The van der Waals surface area contributed by atoms with Gasteiger partial charge in [0.05, 0.1) is 18.0 Å². The number of aliphatic imine (C=N–C) groups is 2. The van der Waals surface area contributed by atoms with E-state index < -0.39 is 5.97 Å². The third-order valence-electron chi connectivity index (χ3n) is 4.35. The van der Waals surface area contributed by atoms with Gasteiger partial charge in [0.25, 0.3) is 0 Å². The summed E-state index contributed by atoms with van der Waals surface area (Å²) >= 11 is 0. The Bertz CT molecular complexity index is 1050. The molecule has 0 fully saturated rings. The summed E-state index contributed by atoms with van der Waals surface area (Å²) in [4.78, 5) is 21.2. The molecule has 0 aliphatic rings. The fraction of sp³-hybridized carbons (Fsp3) is 0.115. The summed E-state index contributed by atoms with van der Waals surface area (Å²) in [5, 5.41) is 0. The Kier molecular flexibility index (Phi) is 7.45. The van der Waals surface area contributed by atoms with Crippen molar-refractivity contribution in [3.05, 3.63) is 108 Å². The molecule has 150 valence electrons. The Labute approximate surface area is 177 Å². The van der Waals surface area contributed by atoms with Gasteiger partial charge in [0.2, 0.25) is 0 Å². The molecule has 0 N–H and O–H groups in total. The lowest BCUT2D eigenvalue weighted by atomic mass is 10.0. The molecule has 4 nitrogen and oxygen atoms in total. The molecule has 3 aromatic carbocycles. The summed E-state index contributed by atoms with van der Waals surface area (Å²) in [7, 11) is 0. The molecule has 0 amide bonds. The Morgan fingerprint density at radius 3 is 2.10 bits per heavy atom. The van der Waals surface area contributed by atoms with Crippen molar-refractivity contribution >= 4 is 29.8 Å². The van der Waals surface area contributed by atoms with E-state index in [0.29, 0.717) is 18.6 Å². The number of hydrogen-bond acceptors (Lipinski definition) is 4. The second-order valence-corrected chi connectivity index (χ2v) is 6.65. The van der Waals surface area contributed by atoms with Gasteiger partial charge >= 0.3 is 5.97 Å². The van der Waals surface area contributed by atoms with E-state index in [1.807, 2.05) is 85.1 Å². The summed E-state index contributed by atoms with van der Waals surface area (Å²) in [6.45, 7) is 5.98. The number of nitrogens with zero attached hydrogens (tertiary/aromatic N) is 2. The zero-order valence-electron chi connectivity index (χ0n) is 17.0. The van der Waals surface area contributed by atoms with Gasteiger partial charge in [-0.2, -0.15) is 0 Å². The second kappa shape index (κ2) is 10.7. The topological polar surface area (TPSA) is 51.0 Å². The van der Waals surface area contributed by atoms with E-state index >= 15 is 0 Å². The molecule has 0 bridgehead atoms. The lowest BCUT2D eigenvalue weighted by Gasteiger charge is -2.09. The van der Waals surface area contributed by atoms with E-state index in [1.165, 1.54) is 0 Å². The number of carbonyl (C=O) groups excluding carboxylic acids is 1. The third kappa shape index (κ3) is 6.11. The summed E-state index contributed by atoms with van der Waals surface area (Å²) in [5.41, 5.74) is 4.81. The van der Waals surface area contributed by atoms with Gasteiger partial charge in [0.1, 0.15) is 0 Å². The van der Waals surface area contributed by atoms with E-state index in [4.69, 9.17) is 4.74 Å². The van der Waals surface area contributed by atoms with Crippen LogP contribution in [-0.4, -0.2) is 25.0 Å². The van der Waals surface area contributed by atoms with Crippen LogP contribution in [0.25, 0.3) is 0 Å². The van der Waals surface area contributed by atoms with Crippen LogP contribution in [0.3, 0.4) is 0 Å². The summed E-state index contributed by atoms with van der Waals surface area (Å²) in [6, 6.07) is 25.5. The van der Waals surface area contributed by atoms with Crippen molar-refractivity contribution in [2.45, 2.75) is 13.3 Å². The largest absolute Gasteiger partial charge is 0.463 e. The van der Waals surface area contributed by atoms with Crippen LogP contribution in [0.5, 0.6) is 0 Å². The number of hydrogen-bond donors (Lipinski definition) is 0. The van der Waals surface area contributed by atoms with E-state index in [1.54, 1.807) is 13.1 Å². The SMILES string of the molecule is C=C(Cc1cc(N=Cc2ccccc2)ccc1N=Cc1ccccc1)C(=O)OCC. The molecule has 30 heavy (non-hydrogen) atoms. The van der Waals surface area contributed by atoms with Gasteiger partial charge in [-0.25, -0.2) is 4.79 Å². The lowest BCUT2D eigenvalue weighted by molar-refractivity contribution is -0.138. The van der Waals surface area contributed by atoms with Crippen LogP contribution in [0, 0.1) is 0 Å². The molecule has 0 saturated heterocycles. The summed E-state index contributed by atoms with van der Waals surface area (Å²) in [6.07, 6.45) is 3.96. The minimum atomic E-state index is -0.395. The van der Waals surface area contributed by atoms with Crippen molar-refractivity contribution in [1.29, 1.82) is 0 Å². The second-order valence-electron chi connectivity index (χ2n) is 6.65. The molecule has 0 unspecified atom stereocenters. The molecule has 3 rings (SSSR count). The van der Waals surface area contributed by atoms with Crippen LogP contribution in [0.2, 0.25) is 0 Å². The smallest absolute Gasteiger partial charge is 0.333 e. The maximum Gasteiger partial charge on any atom is 0.333 e. The Morgan fingerprint density at radius 2 is 1.50 bits per heavy atom. The van der Waals surface area contributed by atoms with Crippen molar-refractivity contribution in [2.24, 2.45) is 9.98 Å². The summed E-state index contributed by atoms with van der Waals surface area (Å²) in [5.74, 6) is -0.395. The third-order valence-corrected chi connectivity index (χ3v) is 4.35. The molecular weight excluding hydrogens is 372 g/mol.